The molecule has 5 nitrogen and oxygen atoms in total. The lowest BCUT2D eigenvalue weighted by Crippen LogP contribution is -2.30. The summed E-state index contributed by atoms with van der Waals surface area (Å²) in [6.45, 7) is 7.28. The van der Waals surface area contributed by atoms with Crippen molar-refractivity contribution in [2.75, 3.05) is 0 Å². The minimum absolute atomic E-state index is 0.141. The first-order chi connectivity index (χ1) is 11.2. The van der Waals surface area contributed by atoms with Crippen molar-refractivity contribution in [2.45, 2.75) is 39.8 Å². The number of esters is 1. The summed E-state index contributed by atoms with van der Waals surface area (Å²) in [5, 5.41) is 2.51. The maximum Gasteiger partial charge on any atom is 0.326 e. The van der Waals surface area contributed by atoms with Crippen LogP contribution in [0.1, 0.15) is 25.6 Å². The summed E-state index contributed by atoms with van der Waals surface area (Å²) in [5.74, 6) is -0.450. The molecule has 7 heteroatoms. The van der Waals surface area contributed by atoms with Gasteiger partial charge in [0.25, 0.3) is 5.56 Å². The fourth-order valence-electron chi connectivity index (χ4n) is 2.35. The molecule has 126 valence electrons. The lowest BCUT2D eigenvalue weighted by molar-refractivity contribution is -0.155. The van der Waals surface area contributed by atoms with Crippen LogP contribution in [0.25, 0.3) is 20.7 Å². The van der Waals surface area contributed by atoms with E-state index in [1.54, 1.807) is 32.1 Å². The molecule has 0 fully saturated rings. The van der Waals surface area contributed by atoms with Crippen molar-refractivity contribution < 1.29 is 9.53 Å². The first kappa shape index (κ1) is 16.9. The van der Waals surface area contributed by atoms with E-state index in [-0.39, 0.29) is 12.1 Å². The van der Waals surface area contributed by atoms with Gasteiger partial charge in [-0.1, -0.05) is 0 Å². The predicted octanol–water partition coefficient (Wildman–Crippen LogP) is 3.84. The van der Waals surface area contributed by atoms with Crippen LogP contribution in [-0.4, -0.2) is 21.1 Å². The third kappa shape index (κ3) is 3.42. The second kappa shape index (κ2) is 6.14. The number of hydrogen-bond donors (Lipinski definition) is 0. The normalized spacial score (nSPS) is 11.8. The number of aromatic nitrogens is 2. The van der Waals surface area contributed by atoms with Crippen LogP contribution in [0.4, 0.5) is 0 Å². The number of hydrogen-bond acceptors (Lipinski definition) is 6. The second-order valence-electron chi connectivity index (χ2n) is 6.50. The first-order valence-corrected chi connectivity index (χ1v) is 9.19. The zero-order valence-electron chi connectivity index (χ0n) is 14.0. The number of carbonyl (C=O) groups is 1. The molecule has 0 saturated carbocycles. The van der Waals surface area contributed by atoms with Gasteiger partial charge < -0.3 is 4.74 Å². The third-order valence-electron chi connectivity index (χ3n) is 3.29. The topological polar surface area (TPSA) is 61.2 Å². The molecule has 0 atom stereocenters. The molecule has 0 unspecified atom stereocenters. The SMILES string of the molecule is Cc1ccc(-c2csc3ncn(CC(=O)OC(C)(C)C)c(=O)c23)s1. The quantitative estimate of drug-likeness (QED) is 0.664. The first-order valence-electron chi connectivity index (χ1n) is 7.50. The van der Waals surface area contributed by atoms with Crippen LogP contribution in [-0.2, 0) is 16.1 Å². The van der Waals surface area contributed by atoms with E-state index in [4.69, 9.17) is 4.74 Å². The highest BCUT2D eigenvalue weighted by Crippen LogP contribution is 2.34. The maximum atomic E-state index is 12.8. The summed E-state index contributed by atoms with van der Waals surface area (Å²) in [4.78, 5) is 32.0. The fraction of sp³-hybridized carbons (Fsp3) is 0.353. The average molecular weight is 362 g/mol. The molecule has 3 aromatic rings. The zero-order chi connectivity index (χ0) is 17.5. The van der Waals surface area contributed by atoms with Crippen molar-refractivity contribution in [3.63, 3.8) is 0 Å². The molecular formula is C17H18N2O3S2. The van der Waals surface area contributed by atoms with Crippen molar-refractivity contribution >= 4 is 38.9 Å². The number of aryl methyl sites for hydroxylation is 1. The lowest BCUT2D eigenvalue weighted by Gasteiger charge is -2.19. The van der Waals surface area contributed by atoms with Crippen LogP contribution in [0, 0.1) is 6.92 Å². The van der Waals surface area contributed by atoms with Gasteiger partial charge in [-0.3, -0.25) is 14.2 Å². The van der Waals surface area contributed by atoms with Crippen LogP contribution in [0.2, 0.25) is 0 Å². The molecule has 0 aliphatic heterocycles. The molecule has 0 N–H and O–H groups in total. The minimum atomic E-state index is -0.583. The molecule has 24 heavy (non-hydrogen) atoms. The molecule has 0 saturated heterocycles. The largest absolute Gasteiger partial charge is 0.459 e. The molecule has 0 bridgehead atoms. The lowest BCUT2D eigenvalue weighted by atomic mass is 10.2. The van der Waals surface area contributed by atoms with Gasteiger partial charge in [-0.15, -0.1) is 22.7 Å². The van der Waals surface area contributed by atoms with E-state index in [1.807, 2.05) is 24.4 Å². The highest BCUT2D eigenvalue weighted by Gasteiger charge is 2.19. The van der Waals surface area contributed by atoms with Crippen LogP contribution < -0.4 is 5.56 Å². The smallest absolute Gasteiger partial charge is 0.326 e. The third-order valence-corrected chi connectivity index (χ3v) is 5.21. The Bertz CT molecular complexity index is 960. The van der Waals surface area contributed by atoms with Gasteiger partial charge in [0.2, 0.25) is 0 Å². The van der Waals surface area contributed by atoms with Crippen molar-refractivity contribution in [2.24, 2.45) is 0 Å². The highest BCUT2D eigenvalue weighted by molar-refractivity contribution is 7.19. The molecular weight excluding hydrogens is 344 g/mol. The Labute approximate surface area is 147 Å². The Hall–Kier alpha value is -1.99. The predicted molar refractivity (Wildman–Crippen MR) is 97.8 cm³/mol. The molecule has 0 aliphatic carbocycles. The van der Waals surface area contributed by atoms with Crippen LogP contribution in [0.3, 0.4) is 0 Å². The van der Waals surface area contributed by atoms with Crippen LogP contribution in [0.15, 0.2) is 28.6 Å². The molecule has 0 amide bonds. The van der Waals surface area contributed by atoms with E-state index in [1.165, 1.54) is 27.1 Å². The zero-order valence-corrected chi connectivity index (χ0v) is 15.6. The van der Waals surface area contributed by atoms with Gasteiger partial charge in [-0.2, -0.15) is 0 Å². The number of rotatable bonds is 3. The molecule has 0 spiro atoms. The molecule has 0 aromatic carbocycles. The Morgan fingerprint density at radius 3 is 2.71 bits per heavy atom. The monoisotopic (exact) mass is 362 g/mol. The van der Waals surface area contributed by atoms with E-state index in [0.717, 1.165) is 10.4 Å². The van der Waals surface area contributed by atoms with Crippen LogP contribution in [0.5, 0.6) is 0 Å². The minimum Gasteiger partial charge on any atom is -0.459 e. The second-order valence-corrected chi connectivity index (χ2v) is 8.65. The van der Waals surface area contributed by atoms with Gasteiger partial charge in [-0.05, 0) is 39.8 Å². The number of carbonyl (C=O) groups excluding carboxylic acids is 1. The number of ether oxygens (including phenoxy) is 1. The van der Waals surface area contributed by atoms with Crippen molar-refractivity contribution in [1.82, 2.24) is 9.55 Å². The van der Waals surface area contributed by atoms with Gasteiger partial charge in [0.1, 0.15) is 17.0 Å². The molecule has 0 radical (unpaired) electrons. The van der Waals surface area contributed by atoms with E-state index in [9.17, 15) is 9.59 Å². The Balaban J connectivity index is 2.01. The number of thiophene rings is 2. The standard InChI is InChI=1S/C17H18N2O3S2/c1-10-5-6-12(24-10)11-8-23-15-14(11)16(21)19(9-18-15)7-13(20)22-17(2,3)4/h5-6,8-9H,7H2,1-4H3. The van der Waals surface area contributed by atoms with Crippen molar-refractivity contribution in [3.8, 4) is 10.4 Å². The van der Waals surface area contributed by atoms with Crippen LogP contribution >= 0.6 is 22.7 Å². The van der Waals surface area contributed by atoms with Crippen molar-refractivity contribution in [3.05, 3.63) is 39.1 Å². The van der Waals surface area contributed by atoms with E-state index in [0.29, 0.717) is 10.2 Å². The Morgan fingerprint density at radius 2 is 2.08 bits per heavy atom. The summed E-state index contributed by atoms with van der Waals surface area (Å²) in [6.07, 6.45) is 1.41. The summed E-state index contributed by atoms with van der Waals surface area (Å²) < 4.78 is 6.60. The highest BCUT2D eigenvalue weighted by atomic mass is 32.1. The summed E-state index contributed by atoms with van der Waals surface area (Å²) in [6, 6.07) is 4.03. The Kier molecular flexibility index (Phi) is 4.31. The van der Waals surface area contributed by atoms with E-state index < -0.39 is 11.6 Å². The summed E-state index contributed by atoms with van der Waals surface area (Å²) >= 11 is 3.07. The van der Waals surface area contributed by atoms with E-state index in [2.05, 4.69) is 4.98 Å². The summed E-state index contributed by atoms with van der Waals surface area (Å²) in [5.41, 5.74) is 0.0811. The van der Waals surface area contributed by atoms with E-state index >= 15 is 0 Å². The van der Waals surface area contributed by atoms with Crippen molar-refractivity contribution in [1.29, 1.82) is 0 Å². The van der Waals surface area contributed by atoms with Gasteiger partial charge in [0.05, 0.1) is 11.7 Å². The van der Waals surface area contributed by atoms with Gasteiger partial charge >= 0.3 is 5.97 Å². The maximum absolute atomic E-state index is 12.8. The van der Waals surface area contributed by atoms with Gasteiger partial charge in [0, 0.05) is 20.7 Å². The summed E-state index contributed by atoms with van der Waals surface area (Å²) in [7, 11) is 0. The fourth-order valence-corrected chi connectivity index (χ4v) is 4.22. The molecule has 3 rings (SSSR count). The average Bonchev–Trinajstić information content (AvgIpc) is 3.06. The van der Waals surface area contributed by atoms with Gasteiger partial charge in [0.15, 0.2) is 0 Å². The molecule has 0 aliphatic rings. The van der Waals surface area contributed by atoms with Gasteiger partial charge in [-0.25, -0.2) is 4.98 Å². The number of fused-ring (bicyclic) bond motifs is 1. The molecule has 3 heterocycles. The molecule has 3 aromatic heterocycles. The Morgan fingerprint density at radius 1 is 1.33 bits per heavy atom. The number of nitrogens with zero attached hydrogens (tertiary/aromatic N) is 2.